The summed E-state index contributed by atoms with van der Waals surface area (Å²) in [7, 11) is 1.66. The Balaban J connectivity index is 2.15. The van der Waals surface area contributed by atoms with Crippen LogP contribution >= 0.6 is 11.6 Å². The molecule has 0 aliphatic heterocycles. The zero-order chi connectivity index (χ0) is 12.5. The van der Waals surface area contributed by atoms with Crippen LogP contribution in [0.2, 0.25) is 5.28 Å². The number of anilines is 1. The standard InChI is InChI=1S/C10H16ClN3O3/c1-15-3-2-4-16-5-6-17-9-8(12)7-13-10(11)14-9/h7H,2-6,12H2,1H3. The van der Waals surface area contributed by atoms with Crippen LogP contribution in [-0.4, -0.2) is 43.5 Å². The van der Waals surface area contributed by atoms with E-state index in [0.717, 1.165) is 6.42 Å². The van der Waals surface area contributed by atoms with E-state index in [2.05, 4.69) is 9.97 Å². The molecule has 0 aliphatic carbocycles. The van der Waals surface area contributed by atoms with Crippen LogP contribution in [0.5, 0.6) is 5.88 Å². The molecule has 0 radical (unpaired) electrons. The number of rotatable bonds is 8. The van der Waals surface area contributed by atoms with Crippen molar-refractivity contribution in [3.63, 3.8) is 0 Å². The van der Waals surface area contributed by atoms with Crippen molar-refractivity contribution in [1.82, 2.24) is 9.97 Å². The number of halogens is 1. The smallest absolute Gasteiger partial charge is 0.241 e. The molecule has 1 aromatic rings. The average molecular weight is 262 g/mol. The Hall–Kier alpha value is -1.11. The second-order valence-corrected chi connectivity index (χ2v) is 3.54. The zero-order valence-electron chi connectivity index (χ0n) is 9.69. The molecule has 2 N–H and O–H groups in total. The molecular weight excluding hydrogens is 246 g/mol. The van der Waals surface area contributed by atoms with Gasteiger partial charge in [-0.15, -0.1) is 0 Å². The van der Waals surface area contributed by atoms with Gasteiger partial charge in [-0.2, -0.15) is 4.98 Å². The van der Waals surface area contributed by atoms with Crippen LogP contribution in [0.3, 0.4) is 0 Å². The molecular formula is C10H16ClN3O3. The van der Waals surface area contributed by atoms with Crippen LogP contribution in [0.1, 0.15) is 6.42 Å². The maximum Gasteiger partial charge on any atom is 0.241 e. The minimum Gasteiger partial charge on any atom is -0.474 e. The van der Waals surface area contributed by atoms with Gasteiger partial charge in [0.25, 0.3) is 0 Å². The second-order valence-electron chi connectivity index (χ2n) is 3.21. The predicted molar refractivity (Wildman–Crippen MR) is 64.3 cm³/mol. The van der Waals surface area contributed by atoms with Crippen molar-refractivity contribution >= 4 is 17.3 Å². The highest BCUT2D eigenvalue weighted by Gasteiger charge is 2.03. The molecule has 1 aromatic heterocycles. The topological polar surface area (TPSA) is 79.5 Å². The summed E-state index contributed by atoms with van der Waals surface area (Å²) in [6, 6.07) is 0. The molecule has 0 fully saturated rings. The first-order valence-corrected chi connectivity index (χ1v) is 5.59. The van der Waals surface area contributed by atoms with Crippen molar-refractivity contribution in [2.75, 3.05) is 39.3 Å². The molecule has 7 heteroatoms. The predicted octanol–water partition coefficient (Wildman–Crippen LogP) is 1.14. The lowest BCUT2D eigenvalue weighted by atomic mass is 10.5. The number of nitrogens with zero attached hydrogens (tertiary/aromatic N) is 2. The van der Waals surface area contributed by atoms with E-state index < -0.39 is 0 Å². The van der Waals surface area contributed by atoms with Crippen LogP contribution in [0, 0.1) is 0 Å². The number of hydrogen-bond donors (Lipinski definition) is 1. The SMILES string of the molecule is COCCCOCCOc1nc(Cl)ncc1N. The Morgan fingerprint density at radius 2 is 2.12 bits per heavy atom. The molecule has 96 valence electrons. The molecule has 6 nitrogen and oxygen atoms in total. The Morgan fingerprint density at radius 1 is 1.29 bits per heavy atom. The Morgan fingerprint density at radius 3 is 2.88 bits per heavy atom. The van der Waals surface area contributed by atoms with E-state index in [9.17, 15) is 0 Å². The van der Waals surface area contributed by atoms with Crippen LogP contribution in [0.25, 0.3) is 0 Å². The molecule has 17 heavy (non-hydrogen) atoms. The van der Waals surface area contributed by atoms with E-state index in [1.54, 1.807) is 7.11 Å². The van der Waals surface area contributed by atoms with E-state index >= 15 is 0 Å². The van der Waals surface area contributed by atoms with Gasteiger partial charge < -0.3 is 19.9 Å². The lowest BCUT2D eigenvalue weighted by molar-refractivity contribution is 0.0797. The van der Waals surface area contributed by atoms with Crippen molar-refractivity contribution < 1.29 is 14.2 Å². The average Bonchev–Trinajstić information content (AvgIpc) is 2.32. The summed E-state index contributed by atoms with van der Waals surface area (Å²) in [5.74, 6) is 0.283. The third kappa shape index (κ3) is 5.67. The quantitative estimate of drug-likeness (QED) is 0.558. The van der Waals surface area contributed by atoms with E-state index in [-0.39, 0.29) is 11.2 Å². The monoisotopic (exact) mass is 261 g/mol. The van der Waals surface area contributed by atoms with Gasteiger partial charge in [-0.3, -0.25) is 0 Å². The third-order valence-corrected chi connectivity index (χ3v) is 2.04. The molecule has 0 unspecified atom stereocenters. The fraction of sp³-hybridized carbons (Fsp3) is 0.600. The van der Waals surface area contributed by atoms with E-state index in [0.29, 0.717) is 32.1 Å². The highest BCUT2D eigenvalue weighted by molar-refractivity contribution is 6.28. The summed E-state index contributed by atoms with van der Waals surface area (Å²) in [5, 5.41) is 0.107. The number of nitrogen functional groups attached to an aromatic ring is 1. The summed E-state index contributed by atoms with van der Waals surface area (Å²) in [6.45, 7) is 2.15. The molecule has 0 amide bonds. The van der Waals surface area contributed by atoms with Gasteiger partial charge in [0.1, 0.15) is 12.3 Å². The van der Waals surface area contributed by atoms with Crippen molar-refractivity contribution in [2.24, 2.45) is 0 Å². The molecule has 0 spiro atoms. The van der Waals surface area contributed by atoms with Gasteiger partial charge >= 0.3 is 0 Å². The molecule has 0 atom stereocenters. The number of nitrogens with two attached hydrogens (primary N) is 1. The fourth-order valence-electron chi connectivity index (χ4n) is 1.08. The first-order valence-electron chi connectivity index (χ1n) is 5.21. The molecule has 1 heterocycles. The van der Waals surface area contributed by atoms with Crippen molar-refractivity contribution in [2.45, 2.75) is 6.42 Å². The van der Waals surface area contributed by atoms with Crippen molar-refractivity contribution in [1.29, 1.82) is 0 Å². The first kappa shape index (κ1) is 14.0. The Labute approximate surface area is 105 Å². The molecule has 0 aromatic carbocycles. The van der Waals surface area contributed by atoms with Crippen LogP contribution < -0.4 is 10.5 Å². The van der Waals surface area contributed by atoms with E-state index in [1.165, 1.54) is 6.20 Å². The number of methoxy groups -OCH3 is 1. The Kier molecular flexibility index (Phi) is 6.61. The van der Waals surface area contributed by atoms with Crippen molar-refractivity contribution in [3.8, 4) is 5.88 Å². The van der Waals surface area contributed by atoms with Gasteiger partial charge in [0.05, 0.1) is 12.8 Å². The number of ether oxygens (including phenoxy) is 3. The van der Waals surface area contributed by atoms with Crippen molar-refractivity contribution in [3.05, 3.63) is 11.5 Å². The van der Waals surface area contributed by atoms with Crippen LogP contribution in [0.4, 0.5) is 5.69 Å². The maximum atomic E-state index is 5.61. The Bertz CT molecular complexity index is 339. The molecule has 0 aliphatic rings. The largest absolute Gasteiger partial charge is 0.474 e. The highest BCUT2D eigenvalue weighted by atomic mass is 35.5. The number of aromatic nitrogens is 2. The summed E-state index contributed by atoms with van der Waals surface area (Å²) < 4.78 is 15.5. The summed E-state index contributed by atoms with van der Waals surface area (Å²) >= 11 is 5.61. The van der Waals surface area contributed by atoms with Gasteiger partial charge in [0.2, 0.25) is 11.2 Å². The van der Waals surface area contributed by atoms with Gasteiger partial charge in [-0.05, 0) is 18.0 Å². The highest BCUT2D eigenvalue weighted by Crippen LogP contribution is 2.18. The van der Waals surface area contributed by atoms with E-state index in [1.807, 2.05) is 0 Å². The van der Waals surface area contributed by atoms with E-state index in [4.69, 9.17) is 31.5 Å². The molecule has 0 saturated carbocycles. The minimum atomic E-state index is 0.107. The van der Waals surface area contributed by atoms with Crippen LogP contribution in [0.15, 0.2) is 6.20 Å². The first-order chi connectivity index (χ1) is 8.24. The van der Waals surface area contributed by atoms with Gasteiger partial charge in [-0.1, -0.05) is 0 Å². The summed E-state index contributed by atoms with van der Waals surface area (Å²) in [6.07, 6.45) is 2.27. The van der Waals surface area contributed by atoms with Gasteiger partial charge in [0.15, 0.2) is 0 Å². The molecule has 0 saturated heterocycles. The normalized spacial score (nSPS) is 10.5. The van der Waals surface area contributed by atoms with Crippen LogP contribution in [-0.2, 0) is 9.47 Å². The summed E-state index contributed by atoms with van der Waals surface area (Å²) in [4.78, 5) is 7.57. The minimum absolute atomic E-state index is 0.107. The van der Waals surface area contributed by atoms with Gasteiger partial charge in [-0.25, -0.2) is 4.98 Å². The fourth-order valence-corrected chi connectivity index (χ4v) is 1.20. The molecule has 1 rings (SSSR count). The van der Waals surface area contributed by atoms with Gasteiger partial charge in [0, 0.05) is 20.3 Å². The second kappa shape index (κ2) is 8.05. The lowest BCUT2D eigenvalue weighted by Crippen LogP contribution is -2.10. The zero-order valence-corrected chi connectivity index (χ0v) is 10.4. The summed E-state index contributed by atoms with van der Waals surface area (Å²) in [5.41, 5.74) is 5.96. The number of hydrogen-bond acceptors (Lipinski definition) is 6. The third-order valence-electron chi connectivity index (χ3n) is 1.85. The maximum absolute atomic E-state index is 5.61. The molecule has 0 bridgehead atoms. The lowest BCUT2D eigenvalue weighted by Gasteiger charge is -2.07.